The zero-order valence-electron chi connectivity index (χ0n) is 12.0. The standard InChI is InChI=1S/C16H22FN3/c1-12-14(3-2-8-20-9-6-18-7-10-20)15-11-13(17)4-5-16(15)19-12/h4-5,11,18-19H,2-3,6-10H2,1H3. The minimum Gasteiger partial charge on any atom is -0.358 e. The average Bonchev–Trinajstić information content (AvgIpc) is 2.76. The van der Waals surface area contributed by atoms with E-state index in [1.165, 1.54) is 17.3 Å². The molecule has 2 aromatic rings. The molecule has 20 heavy (non-hydrogen) atoms. The van der Waals surface area contributed by atoms with E-state index >= 15 is 0 Å². The van der Waals surface area contributed by atoms with Crippen LogP contribution in [0.25, 0.3) is 10.9 Å². The Bertz CT molecular complexity index is 585. The fourth-order valence-electron chi connectivity index (χ4n) is 3.09. The first-order chi connectivity index (χ1) is 9.74. The normalized spacial score (nSPS) is 16.9. The van der Waals surface area contributed by atoms with E-state index in [4.69, 9.17) is 0 Å². The molecule has 0 atom stereocenters. The SMILES string of the molecule is Cc1[nH]c2ccc(F)cc2c1CCCN1CCNCC1. The van der Waals surface area contributed by atoms with Crippen LogP contribution in [0.15, 0.2) is 18.2 Å². The Morgan fingerprint density at radius 3 is 2.85 bits per heavy atom. The highest BCUT2D eigenvalue weighted by molar-refractivity contribution is 5.84. The molecule has 4 heteroatoms. The maximum atomic E-state index is 13.4. The number of H-pyrrole nitrogens is 1. The van der Waals surface area contributed by atoms with Gasteiger partial charge >= 0.3 is 0 Å². The topological polar surface area (TPSA) is 31.1 Å². The van der Waals surface area contributed by atoms with Crippen LogP contribution in [0, 0.1) is 12.7 Å². The zero-order valence-corrected chi connectivity index (χ0v) is 12.0. The van der Waals surface area contributed by atoms with E-state index < -0.39 is 0 Å². The number of aromatic nitrogens is 1. The molecule has 0 radical (unpaired) electrons. The number of nitrogens with zero attached hydrogens (tertiary/aromatic N) is 1. The van der Waals surface area contributed by atoms with Crippen molar-refractivity contribution in [3.05, 3.63) is 35.3 Å². The lowest BCUT2D eigenvalue weighted by molar-refractivity contribution is 0.238. The summed E-state index contributed by atoms with van der Waals surface area (Å²) in [7, 11) is 0. The van der Waals surface area contributed by atoms with Crippen LogP contribution in [-0.2, 0) is 6.42 Å². The van der Waals surface area contributed by atoms with E-state index in [0.717, 1.165) is 56.5 Å². The molecule has 3 nitrogen and oxygen atoms in total. The summed E-state index contributed by atoms with van der Waals surface area (Å²) in [6.07, 6.45) is 2.14. The predicted octanol–water partition coefficient (Wildman–Crippen LogP) is 2.45. The number of hydrogen-bond acceptors (Lipinski definition) is 2. The molecule has 3 rings (SSSR count). The van der Waals surface area contributed by atoms with Crippen molar-refractivity contribution in [1.29, 1.82) is 0 Å². The van der Waals surface area contributed by atoms with Gasteiger partial charge in [0, 0.05) is 42.8 Å². The molecule has 108 valence electrons. The zero-order chi connectivity index (χ0) is 13.9. The second-order valence-electron chi connectivity index (χ2n) is 5.61. The van der Waals surface area contributed by atoms with E-state index in [0.29, 0.717) is 0 Å². The largest absolute Gasteiger partial charge is 0.358 e. The van der Waals surface area contributed by atoms with Crippen molar-refractivity contribution in [2.75, 3.05) is 32.7 Å². The molecule has 0 unspecified atom stereocenters. The van der Waals surface area contributed by atoms with Gasteiger partial charge < -0.3 is 15.2 Å². The predicted molar refractivity (Wildman–Crippen MR) is 80.6 cm³/mol. The summed E-state index contributed by atoms with van der Waals surface area (Å²) in [5.74, 6) is -0.153. The van der Waals surface area contributed by atoms with Gasteiger partial charge in [-0.05, 0) is 50.1 Å². The van der Waals surface area contributed by atoms with Crippen LogP contribution >= 0.6 is 0 Å². The Balaban J connectivity index is 1.67. The lowest BCUT2D eigenvalue weighted by atomic mass is 10.1. The van der Waals surface area contributed by atoms with Gasteiger partial charge in [-0.3, -0.25) is 0 Å². The lowest BCUT2D eigenvalue weighted by Gasteiger charge is -2.27. The first-order valence-electron chi connectivity index (χ1n) is 7.44. The molecular weight excluding hydrogens is 253 g/mol. The van der Waals surface area contributed by atoms with Crippen molar-refractivity contribution in [2.45, 2.75) is 19.8 Å². The van der Waals surface area contributed by atoms with E-state index in [9.17, 15) is 4.39 Å². The summed E-state index contributed by atoms with van der Waals surface area (Å²) in [6.45, 7) is 7.68. The van der Waals surface area contributed by atoms with E-state index in [2.05, 4.69) is 22.1 Å². The van der Waals surface area contributed by atoms with Gasteiger partial charge in [-0.2, -0.15) is 0 Å². The molecule has 1 fully saturated rings. The highest BCUT2D eigenvalue weighted by Gasteiger charge is 2.12. The number of benzene rings is 1. The summed E-state index contributed by atoms with van der Waals surface area (Å²) < 4.78 is 13.4. The van der Waals surface area contributed by atoms with Gasteiger partial charge in [0.15, 0.2) is 0 Å². The van der Waals surface area contributed by atoms with Crippen LogP contribution in [0.1, 0.15) is 17.7 Å². The third-order valence-electron chi connectivity index (χ3n) is 4.19. The maximum Gasteiger partial charge on any atom is 0.123 e. The van der Waals surface area contributed by atoms with Crippen molar-refractivity contribution < 1.29 is 4.39 Å². The molecule has 1 aromatic carbocycles. The van der Waals surface area contributed by atoms with Crippen molar-refractivity contribution in [3.8, 4) is 0 Å². The minimum absolute atomic E-state index is 0.153. The number of fused-ring (bicyclic) bond motifs is 1. The number of piperazine rings is 1. The molecule has 2 N–H and O–H groups in total. The summed E-state index contributed by atoms with van der Waals surface area (Å²) >= 11 is 0. The fourth-order valence-corrected chi connectivity index (χ4v) is 3.09. The first kappa shape index (κ1) is 13.6. The van der Waals surface area contributed by atoms with Crippen molar-refractivity contribution in [1.82, 2.24) is 15.2 Å². The van der Waals surface area contributed by atoms with Crippen LogP contribution in [0.2, 0.25) is 0 Å². The average molecular weight is 275 g/mol. The summed E-state index contributed by atoms with van der Waals surface area (Å²) in [6, 6.07) is 5.00. The van der Waals surface area contributed by atoms with Gasteiger partial charge in [0.2, 0.25) is 0 Å². The third-order valence-corrected chi connectivity index (χ3v) is 4.19. The van der Waals surface area contributed by atoms with Gasteiger partial charge in [0.05, 0.1) is 0 Å². The number of halogens is 1. The van der Waals surface area contributed by atoms with E-state index in [-0.39, 0.29) is 5.82 Å². The number of aromatic amines is 1. The summed E-state index contributed by atoms with van der Waals surface area (Å²) in [5.41, 5.74) is 3.49. The van der Waals surface area contributed by atoms with Crippen LogP contribution in [0.3, 0.4) is 0 Å². The molecule has 2 heterocycles. The van der Waals surface area contributed by atoms with Crippen LogP contribution in [-0.4, -0.2) is 42.6 Å². The highest BCUT2D eigenvalue weighted by Crippen LogP contribution is 2.24. The number of aryl methyl sites for hydroxylation is 2. The molecule has 1 aliphatic rings. The van der Waals surface area contributed by atoms with Gasteiger partial charge in [0.1, 0.15) is 5.82 Å². The summed E-state index contributed by atoms with van der Waals surface area (Å²) in [4.78, 5) is 5.85. The minimum atomic E-state index is -0.153. The molecule has 0 bridgehead atoms. The fraction of sp³-hybridized carbons (Fsp3) is 0.500. The Morgan fingerprint density at radius 1 is 1.25 bits per heavy atom. The molecule has 0 amide bonds. The molecule has 1 saturated heterocycles. The van der Waals surface area contributed by atoms with Crippen LogP contribution in [0.4, 0.5) is 4.39 Å². The number of hydrogen-bond donors (Lipinski definition) is 2. The number of nitrogens with one attached hydrogen (secondary N) is 2. The Hall–Kier alpha value is -1.39. The lowest BCUT2D eigenvalue weighted by Crippen LogP contribution is -2.43. The van der Waals surface area contributed by atoms with Crippen molar-refractivity contribution in [3.63, 3.8) is 0 Å². The molecular formula is C16H22FN3. The second-order valence-corrected chi connectivity index (χ2v) is 5.61. The molecule has 1 aliphatic heterocycles. The van der Waals surface area contributed by atoms with E-state index in [1.807, 2.05) is 6.07 Å². The monoisotopic (exact) mass is 275 g/mol. The van der Waals surface area contributed by atoms with Crippen LogP contribution in [0.5, 0.6) is 0 Å². The molecule has 1 aromatic heterocycles. The van der Waals surface area contributed by atoms with Gasteiger partial charge in [-0.1, -0.05) is 0 Å². The van der Waals surface area contributed by atoms with Gasteiger partial charge in [0.25, 0.3) is 0 Å². The second kappa shape index (κ2) is 5.94. The Morgan fingerprint density at radius 2 is 2.05 bits per heavy atom. The van der Waals surface area contributed by atoms with Crippen molar-refractivity contribution in [2.24, 2.45) is 0 Å². The molecule has 0 saturated carbocycles. The Kier molecular flexibility index (Phi) is 4.03. The first-order valence-corrected chi connectivity index (χ1v) is 7.44. The number of rotatable bonds is 4. The highest BCUT2D eigenvalue weighted by atomic mass is 19.1. The smallest absolute Gasteiger partial charge is 0.123 e. The Labute approximate surface area is 119 Å². The third kappa shape index (κ3) is 2.86. The molecule has 0 spiro atoms. The molecule has 0 aliphatic carbocycles. The van der Waals surface area contributed by atoms with Crippen LogP contribution < -0.4 is 5.32 Å². The van der Waals surface area contributed by atoms with Gasteiger partial charge in [-0.25, -0.2) is 4.39 Å². The van der Waals surface area contributed by atoms with Crippen molar-refractivity contribution >= 4 is 10.9 Å². The van der Waals surface area contributed by atoms with Gasteiger partial charge in [-0.15, -0.1) is 0 Å². The quantitative estimate of drug-likeness (QED) is 0.898. The maximum absolute atomic E-state index is 13.4. The summed E-state index contributed by atoms with van der Waals surface area (Å²) in [5, 5.41) is 4.41. The van der Waals surface area contributed by atoms with E-state index in [1.54, 1.807) is 6.07 Å².